The first-order chi connectivity index (χ1) is 9.15. The summed E-state index contributed by atoms with van der Waals surface area (Å²) in [6.45, 7) is 1.26. The van der Waals surface area contributed by atoms with Gasteiger partial charge in [-0.1, -0.05) is 23.2 Å². The van der Waals surface area contributed by atoms with Gasteiger partial charge in [0.25, 0.3) is 0 Å². The molecule has 2 rings (SSSR count). The third kappa shape index (κ3) is 3.23. The van der Waals surface area contributed by atoms with E-state index < -0.39 is 0 Å². The number of methoxy groups -OCH3 is 1. The molecule has 1 N–H and O–H groups in total. The molecule has 0 fully saturated rings. The van der Waals surface area contributed by atoms with E-state index in [1.165, 1.54) is 0 Å². The van der Waals surface area contributed by atoms with Crippen molar-refractivity contribution in [1.29, 1.82) is 0 Å². The number of aromatic nitrogens is 2. The number of benzene rings is 1. The summed E-state index contributed by atoms with van der Waals surface area (Å²) < 4.78 is 7.60. The Balaban J connectivity index is 2.32. The minimum atomic E-state index is 0.476. The number of rotatable bonds is 5. The Bertz CT molecular complexity index is 574. The van der Waals surface area contributed by atoms with Crippen molar-refractivity contribution >= 4 is 45.1 Å². The van der Waals surface area contributed by atoms with Crippen LogP contribution in [0, 0.1) is 0 Å². The van der Waals surface area contributed by atoms with Crippen molar-refractivity contribution in [3.8, 4) is 5.69 Å². The van der Waals surface area contributed by atoms with Crippen LogP contribution in [0.2, 0.25) is 10.0 Å². The predicted octanol–water partition coefficient (Wildman–Crippen LogP) is 4.00. The molecule has 1 aromatic heterocycles. The molecule has 4 nitrogen and oxygen atoms in total. The summed E-state index contributed by atoms with van der Waals surface area (Å²) in [6, 6.07) is 3.73. The highest BCUT2D eigenvalue weighted by Crippen LogP contribution is 2.35. The minimum Gasteiger partial charge on any atom is -0.383 e. The molecule has 1 aromatic carbocycles. The van der Waals surface area contributed by atoms with Crippen LogP contribution in [0.1, 0.15) is 0 Å². The molecule has 19 heavy (non-hydrogen) atoms. The first-order valence-corrected chi connectivity index (χ1v) is 7.10. The molecule has 0 saturated carbocycles. The van der Waals surface area contributed by atoms with Gasteiger partial charge in [-0.3, -0.25) is 4.57 Å². The second kappa shape index (κ2) is 6.61. The number of nitrogens with zero attached hydrogens (tertiary/aromatic N) is 2. The van der Waals surface area contributed by atoms with Gasteiger partial charge in [0, 0.05) is 30.5 Å². The smallest absolute Gasteiger partial charge is 0.207 e. The zero-order valence-electron chi connectivity index (χ0n) is 10.2. The molecule has 0 unspecified atom stereocenters. The molecule has 0 bridgehead atoms. The van der Waals surface area contributed by atoms with Gasteiger partial charge in [-0.2, -0.15) is 0 Å². The lowest BCUT2D eigenvalue weighted by atomic mass is 10.3. The Kier molecular flexibility index (Phi) is 5.10. The fourth-order valence-corrected chi connectivity index (χ4v) is 2.46. The molecule has 0 radical (unpaired) electrons. The van der Waals surface area contributed by atoms with Gasteiger partial charge in [-0.25, -0.2) is 4.98 Å². The third-order valence-corrected chi connectivity index (χ3v) is 4.27. The molecule has 1 heterocycles. The second-order valence-electron chi connectivity index (χ2n) is 3.73. The molecule has 2 aromatic rings. The molecular formula is C12H12BrCl2N3O. The number of anilines is 1. The van der Waals surface area contributed by atoms with Crippen molar-refractivity contribution in [2.45, 2.75) is 0 Å². The number of halogens is 3. The Morgan fingerprint density at radius 1 is 1.37 bits per heavy atom. The van der Waals surface area contributed by atoms with Crippen molar-refractivity contribution in [2.75, 3.05) is 25.6 Å². The number of ether oxygens (including phenoxy) is 1. The molecular weight excluding hydrogens is 353 g/mol. The SMILES string of the molecule is COCCNc1nccn1-c1ccc(Br)c(Cl)c1Cl. The molecule has 0 aliphatic carbocycles. The lowest BCUT2D eigenvalue weighted by Crippen LogP contribution is -2.11. The monoisotopic (exact) mass is 363 g/mol. The molecule has 0 saturated heterocycles. The van der Waals surface area contributed by atoms with Crippen LogP contribution in [-0.2, 0) is 4.74 Å². The molecule has 0 aliphatic rings. The fraction of sp³-hybridized carbons (Fsp3) is 0.250. The molecule has 0 atom stereocenters. The van der Waals surface area contributed by atoms with Gasteiger partial charge < -0.3 is 10.1 Å². The summed E-state index contributed by atoms with van der Waals surface area (Å²) >= 11 is 15.7. The van der Waals surface area contributed by atoms with Crippen molar-refractivity contribution in [2.24, 2.45) is 0 Å². The molecule has 0 amide bonds. The van der Waals surface area contributed by atoms with E-state index in [-0.39, 0.29) is 0 Å². The van der Waals surface area contributed by atoms with E-state index in [2.05, 4.69) is 26.2 Å². The van der Waals surface area contributed by atoms with Gasteiger partial charge in [0.2, 0.25) is 5.95 Å². The van der Waals surface area contributed by atoms with Gasteiger partial charge >= 0.3 is 0 Å². The maximum absolute atomic E-state index is 6.26. The average molecular weight is 365 g/mol. The first kappa shape index (κ1) is 14.7. The topological polar surface area (TPSA) is 39.1 Å². The Morgan fingerprint density at radius 3 is 2.89 bits per heavy atom. The Labute approximate surface area is 129 Å². The van der Waals surface area contributed by atoms with E-state index in [1.54, 1.807) is 13.3 Å². The van der Waals surface area contributed by atoms with E-state index in [0.29, 0.717) is 29.1 Å². The molecule has 102 valence electrons. The maximum Gasteiger partial charge on any atom is 0.207 e. The van der Waals surface area contributed by atoms with Gasteiger partial charge in [0.1, 0.15) is 0 Å². The van der Waals surface area contributed by atoms with Gasteiger partial charge in [-0.05, 0) is 28.1 Å². The van der Waals surface area contributed by atoms with E-state index in [1.807, 2.05) is 22.9 Å². The standard InChI is InChI=1S/C12H12BrCl2N3O/c1-19-7-5-17-12-16-4-6-18(12)9-3-2-8(13)10(14)11(9)15/h2-4,6H,5,7H2,1H3,(H,16,17). The highest BCUT2D eigenvalue weighted by atomic mass is 79.9. The molecule has 0 spiro atoms. The maximum atomic E-state index is 6.26. The van der Waals surface area contributed by atoms with E-state index in [0.717, 1.165) is 10.2 Å². The van der Waals surface area contributed by atoms with Crippen LogP contribution in [0.15, 0.2) is 29.0 Å². The summed E-state index contributed by atoms with van der Waals surface area (Å²) in [5.41, 5.74) is 0.771. The number of hydrogen-bond donors (Lipinski definition) is 1. The third-order valence-electron chi connectivity index (χ3n) is 2.50. The summed E-state index contributed by atoms with van der Waals surface area (Å²) in [4.78, 5) is 4.24. The predicted molar refractivity (Wildman–Crippen MR) is 81.6 cm³/mol. The van der Waals surface area contributed by atoms with Crippen LogP contribution in [0.4, 0.5) is 5.95 Å². The normalized spacial score (nSPS) is 10.7. The highest BCUT2D eigenvalue weighted by molar-refractivity contribution is 9.10. The fourth-order valence-electron chi connectivity index (χ4n) is 1.60. The summed E-state index contributed by atoms with van der Waals surface area (Å²) in [6.07, 6.45) is 3.52. The zero-order valence-corrected chi connectivity index (χ0v) is 13.3. The van der Waals surface area contributed by atoms with Crippen LogP contribution in [0.3, 0.4) is 0 Å². The van der Waals surface area contributed by atoms with Crippen LogP contribution >= 0.6 is 39.1 Å². The lowest BCUT2D eigenvalue weighted by Gasteiger charge is -2.12. The van der Waals surface area contributed by atoms with Gasteiger partial charge in [-0.15, -0.1) is 0 Å². The zero-order chi connectivity index (χ0) is 13.8. The molecule has 0 aliphatic heterocycles. The average Bonchev–Trinajstić information content (AvgIpc) is 2.85. The van der Waals surface area contributed by atoms with Gasteiger partial charge in [0.15, 0.2) is 0 Å². The lowest BCUT2D eigenvalue weighted by molar-refractivity contribution is 0.210. The van der Waals surface area contributed by atoms with Crippen LogP contribution in [0.5, 0.6) is 0 Å². The minimum absolute atomic E-state index is 0.476. The highest BCUT2D eigenvalue weighted by Gasteiger charge is 2.12. The largest absolute Gasteiger partial charge is 0.383 e. The van der Waals surface area contributed by atoms with Crippen LogP contribution < -0.4 is 5.32 Å². The van der Waals surface area contributed by atoms with Crippen molar-refractivity contribution < 1.29 is 4.74 Å². The number of hydrogen-bond acceptors (Lipinski definition) is 3. The molecule has 7 heteroatoms. The second-order valence-corrected chi connectivity index (χ2v) is 5.35. The quantitative estimate of drug-likeness (QED) is 0.643. The van der Waals surface area contributed by atoms with E-state index in [9.17, 15) is 0 Å². The van der Waals surface area contributed by atoms with E-state index in [4.69, 9.17) is 27.9 Å². The summed E-state index contributed by atoms with van der Waals surface area (Å²) in [5.74, 6) is 0.692. The first-order valence-electron chi connectivity index (χ1n) is 5.55. The van der Waals surface area contributed by atoms with Gasteiger partial charge in [0.05, 0.1) is 22.3 Å². The van der Waals surface area contributed by atoms with Crippen molar-refractivity contribution in [1.82, 2.24) is 9.55 Å². The van der Waals surface area contributed by atoms with Crippen LogP contribution in [0.25, 0.3) is 5.69 Å². The number of imidazole rings is 1. The van der Waals surface area contributed by atoms with Crippen LogP contribution in [-0.4, -0.2) is 29.8 Å². The van der Waals surface area contributed by atoms with E-state index >= 15 is 0 Å². The number of nitrogens with one attached hydrogen (secondary N) is 1. The van der Waals surface area contributed by atoms with Crippen molar-refractivity contribution in [3.63, 3.8) is 0 Å². The van der Waals surface area contributed by atoms with Crippen molar-refractivity contribution in [3.05, 3.63) is 39.0 Å². The Morgan fingerprint density at radius 2 is 2.16 bits per heavy atom. The summed E-state index contributed by atoms with van der Waals surface area (Å²) in [7, 11) is 1.65. The summed E-state index contributed by atoms with van der Waals surface area (Å²) in [5, 5.41) is 4.13. The Hall–Kier alpha value is -0.750.